The second-order valence-electron chi connectivity index (χ2n) is 8.05. The van der Waals surface area contributed by atoms with E-state index in [-0.39, 0.29) is 5.41 Å². The lowest BCUT2D eigenvalue weighted by molar-refractivity contribution is 0.161. The van der Waals surface area contributed by atoms with Crippen LogP contribution in [0.3, 0.4) is 0 Å². The molecule has 2 rings (SSSR count). The number of rotatable bonds is 5. The summed E-state index contributed by atoms with van der Waals surface area (Å²) in [6.07, 6.45) is 10.8. The van der Waals surface area contributed by atoms with E-state index in [0.717, 1.165) is 6.54 Å². The summed E-state index contributed by atoms with van der Waals surface area (Å²) in [5.41, 5.74) is 9.59. The summed E-state index contributed by atoms with van der Waals surface area (Å²) in [6, 6.07) is 9.29. The largest absolute Gasteiger partial charge is 0.330 e. The summed E-state index contributed by atoms with van der Waals surface area (Å²) >= 11 is 0. The van der Waals surface area contributed by atoms with Gasteiger partial charge in [0, 0.05) is 0 Å². The SMILES string of the molecule is CC(C)(C)c1ccc(CCC2(CCN)CCCCC2)cc1. The quantitative estimate of drug-likeness (QED) is 0.789. The Balaban J connectivity index is 1.97. The molecule has 1 aromatic carbocycles. The van der Waals surface area contributed by atoms with Crippen LogP contribution in [0.15, 0.2) is 24.3 Å². The predicted molar refractivity (Wildman–Crippen MR) is 92.7 cm³/mol. The number of aryl methyl sites for hydroxylation is 1. The highest BCUT2D eigenvalue weighted by Crippen LogP contribution is 2.42. The second-order valence-corrected chi connectivity index (χ2v) is 8.05. The lowest BCUT2D eigenvalue weighted by Crippen LogP contribution is -2.28. The van der Waals surface area contributed by atoms with Gasteiger partial charge < -0.3 is 5.73 Å². The summed E-state index contributed by atoms with van der Waals surface area (Å²) in [5, 5.41) is 0. The molecular formula is C20H33N. The van der Waals surface area contributed by atoms with Crippen LogP contribution in [0.1, 0.15) is 76.8 Å². The Morgan fingerprint density at radius 2 is 1.57 bits per heavy atom. The van der Waals surface area contributed by atoms with Crippen molar-refractivity contribution in [3.63, 3.8) is 0 Å². The molecule has 1 aliphatic rings. The normalized spacial score (nSPS) is 18.7. The van der Waals surface area contributed by atoms with Crippen LogP contribution < -0.4 is 5.73 Å². The summed E-state index contributed by atoms with van der Waals surface area (Å²) in [6.45, 7) is 7.68. The van der Waals surface area contributed by atoms with Crippen molar-refractivity contribution in [3.05, 3.63) is 35.4 Å². The van der Waals surface area contributed by atoms with Crippen LogP contribution in [0.2, 0.25) is 0 Å². The van der Waals surface area contributed by atoms with E-state index in [1.807, 2.05) is 0 Å². The maximum absolute atomic E-state index is 5.88. The first-order valence-electron chi connectivity index (χ1n) is 8.75. The fraction of sp³-hybridized carbons (Fsp3) is 0.700. The minimum absolute atomic E-state index is 0.253. The minimum atomic E-state index is 0.253. The molecule has 0 spiro atoms. The summed E-state index contributed by atoms with van der Waals surface area (Å²) < 4.78 is 0. The topological polar surface area (TPSA) is 26.0 Å². The van der Waals surface area contributed by atoms with Gasteiger partial charge in [0.15, 0.2) is 0 Å². The number of hydrogen-bond acceptors (Lipinski definition) is 1. The third-order valence-corrected chi connectivity index (χ3v) is 5.35. The van der Waals surface area contributed by atoms with E-state index in [2.05, 4.69) is 45.0 Å². The average molecular weight is 287 g/mol. The Labute approximate surface area is 131 Å². The maximum atomic E-state index is 5.88. The molecule has 0 heterocycles. The fourth-order valence-corrected chi connectivity index (χ4v) is 3.81. The summed E-state index contributed by atoms with van der Waals surface area (Å²) in [5.74, 6) is 0. The van der Waals surface area contributed by atoms with Gasteiger partial charge in [0.25, 0.3) is 0 Å². The molecule has 0 amide bonds. The van der Waals surface area contributed by atoms with Crippen molar-refractivity contribution in [2.45, 2.75) is 77.6 Å². The second kappa shape index (κ2) is 6.96. The molecule has 1 aromatic rings. The van der Waals surface area contributed by atoms with Gasteiger partial charge >= 0.3 is 0 Å². The highest BCUT2D eigenvalue weighted by Gasteiger charge is 2.30. The lowest BCUT2D eigenvalue weighted by atomic mass is 9.68. The van der Waals surface area contributed by atoms with Crippen LogP contribution in [0, 0.1) is 5.41 Å². The molecular weight excluding hydrogens is 254 g/mol. The molecule has 1 heteroatoms. The van der Waals surface area contributed by atoms with Crippen LogP contribution in [0.25, 0.3) is 0 Å². The standard InChI is InChI=1S/C20H33N/c1-19(2,3)18-9-7-17(8-10-18)11-14-20(15-16-21)12-5-4-6-13-20/h7-10H,4-6,11-16,21H2,1-3H3. The molecule has 0 atom stereocenters. The highest BCUT2D eigenvalue weighted by atomic mass is 14.5. The van der Waals surface area contributed by atoms with E-state index in [1.165, 1.54) is 62.5 Å². The Morgan fingerprint density at radius 1 is 0.952 bits per heavy atom. The number of benzene rings is 1. The van der Waals surface area contributed by atoms with Crippen LogP contribution in [0.4, 0.5) is 0 Å². The molecule has 1 nitrogen and oxygen atoms in total. The average Bonchev–Trinajstić information content (AvgIpc) is 2.46. The molecule has 0 radical (unpaired) electrons. The minimum Gasteiger partial charge on any atom is -0.330 e. The van der Waals surface area contributed by atoms with Crippen LogP contribution in [-0.4, -0.2) is 6.54 Å². The molecule has 0 aromatic heterocycles. The van der Waals surface area contributed by atoms with Gasteiger partial charge in [0.2, 0.25) is 0 Å². The molecule has 1 fully saturated rings. The molecule has 2 N–H and O–H groups in total. The summed E-state index contributed by atoms with van der Waals surface area (Å²) in [7, 11) is 0. The third-order valence-electron chi connectivity index (χ3n) is 5.35. The molecule has 21 heavy (non-hydrogen) atoms. The molecule has 1 saturated carbocycles. The van der Waals surface area contributed by atoms with Gasteiger partial charge in [-0.1, -0.05) is 64.3 Å². The zero-order valence-electron chi connectivity index (χ0n) is 14.3. The third kappa shape index (κ3) is 4.57. The Kier molecular flexibility index (Phi) is 5.48. The van der Waals surface area contributed by atoms with E-state index < -0.39 is 0 Å². The van der Waals surface area contributed by atoms with Gasteiger partial charge in [-0.3, -0.25) is 0 Å². The number of hydrogen-bond donors (Lipinski definition) is 1. The first kappa shape index (κ1) is 16.5. The fourth-order valence-electron chi connectivity index (χ4n) is 3.81. The van der Waals surface area contributed by atoms with Crippen molar-refractivity contribution in [1.82, 2.24) is 0 Å². The predicted octanol–water partition coefficient (Wildman–Crippen LogP) is 5.22. The Morgan fingerprint density at radius 3 is 2.10 bits per heavy atom. The zero-order valence-corrected chi connectivity index (χ0v) is 14.3. The number of nitrogens with two attached hydrogens (primary N) is 1. The molecule has 0 unspecified atom stereocenters. The first-order chi connectivity index (χ1) is 9.95. The zero-order chi connectivity index (χ0) is 15.3. The van der Waals surface area contributed by atoms with Crippen molar-refractivity contribution >= 4 is 0 Å². The van der Waals surface area contributed by atoms with Gasteiger partial charge in [-0.2, -0.15) is 0 Å². The van der Waals surface area contributed by atoms with Crippen molar-refractivity contribution in [2.24, 2.45) is 11.1 Å². The van der Waals surface area contributed by atoms with Gasteiger partial charge in [-0.15, -0.1) is 0 Å². The lowest BCUT2D eigenvalue weighted by Gasteiger charge is -2.37. The van der Waals surface area contributed by atoms with Crippen LogP contribution in [0.5, 0.6) is 0 Å². The van der Waals surface area contributed by atoms with E-state index >= 15 is 0 Å². The smallest absolute Gasteiger partial charge is 0.00720 e. The Hall–Kier alpha value is -0.820. The van der Waals surface area contributed by atoms with E-state index in [0.29, 0.717) is 5.41 Å². The van der Waals surface area contributed by atoms with Crippen LogP contribution >= 0.6 is 0 Å². The summed E-state index contributed by atoms with van der Waals surface area (Å²) in [4.78, 5) is 0. The van der Waals surface area contributed by atoms with Gasteiger partial charge in [0.05, 0.1) is 0 Å². The van der Waals surface area contributed by atoms with Crippen molar-refractivity contribution in [1.29, 1.82) is 0 Å². The van der Waals surface area contributed by atoms with E-state index in [1.54, 1.807) is 0 Å². The molecule has 1 aliphatic carbocycles. The van der Waals surface area contributed by atoms with Gasteiger partial charge in [0.1, 0.15) is 0 Å². The monoisotopic (exact) mass is 287 g/mol. The molecule has 0 aliphatic heterocycles. The maximum Gasteiger partial charge on any atom is -0.00720 e. The van der Waals surface area contributed by atoms with E-state index in [4.69, 9.17) is 5.73 Å². The first-order valence-corrected chi connectivity index (χ1v) is 8.75. The van der Waals surface area contributed by atoms with Crippen molar-refractivity contribution in [3.8, 4) is 0 Å². The highest BCUT2D eigenvalue weighted by molar-refractivity contribution is 5.27. The molecule has 0 bridgehead atoms. The van der Waals surface area contributed by atoms with Crippen molar-refractivity contribution < 1.29 is 0 Å². The van der Waals surface area contributed by atoms with Crippen LogP contribution in [-0.2, 0) is 11.8 Å². The van der Waals surface area contributed by atoms with Gasteiger partial charge in [-0.25, -0.2) is 0 Å². The molecule has 0 saturated heterocycles. The Bertz CT molecular complexity index is 413. The van der Waals surface area contributed by atoms with E-state index in [9.17, 15) is 0 Å². The van der Waals surface area contributed by atoms with Crippen molar-refractivity contribution in [2.75, 3.05) is 6.54 Å². The van der Waals surface area contributed by atoms with Gasteiger partial charge in [-0.05, 0) is 60.6 Å². The molecule has 118 valence electrons.